The molecule has 1 N–H and O–H groups in total. The van der Waals surface area contributed by atoms with Gasteiger partial charge in [-0.15, -0.1) is 0 Å². The number of nitrogens with zero attached hydrogens (tertiary/aromatic N) is 1. The monoisotopic (exact) mass is 252 g/mol. The third kappa shape index (κ3) is 4.30. The van der Waals surface area contributed by atoms with Crippen LogP contribution in [0.25, 0.3) is 0 Å². The first-order chi connectivity index (χ1) is 8.58. The fourth-order valence-electron chi connectivity index (χ4n) is 1.93. The molecule has 0 aliphatic heterocycles. The van der Waals surface area contributed by atoms with Crippen LogP contribution in [-0.4, -0.2) is 20.1 Å². The summed E-state index contributed by atoms with van der Waals surface area (Å²) >= 11 is 0. The van der Waals surface area contributed by atoms with Gasteiger partial charge in [-0.3, -0.25) is 0 Å². The van der Waals surface area contributed by atoms with Crippen LogP contribution in [0, 0.1) is 11.7 Å². The molecule has 1 rings (SSSR count). The van der Waals surface area contributed by atoms with Gasteiger partial charge in [-0.25, -0.2) is 4.39 Å². The minimum absolute atomic E-state index is 0.129. The Morgan fingerprint density at radius 3 is 2.61 bits per heavy atom. The molecule has 0 amide bonds. The Kier molecular flexibility index (Phi) is 6.13. The second kappa shape index (κ2) is 7.37. The molecule has 0 saturated heterocycles. The summed E-state index contributed by atoms with van der Waals surface area (Å²) in [5.41, 5.74) is 1.69. The summed E-state index contributed by atoms with van der Waals surface area (Å²) in [4.78, 5) is 2.00. The molecule has 1 unspecified atom stereocenters. The van der Waals surface area contributed by atoms with Gasteiger partial charge >= 0.3 is 0 Å². The number of hydrogen-bond donors (Lipinski definition) is 1. The molecule has 0 saturated carbocycles. The maximum Gasteiger partial charge on any atom is 0.146 e. The highest BCUT2D eigenvalue weighted by atomic mass is 19.1. The first-order valence-corrected chi connectivity index (χ1v) is 6.78. The number of hydrogen-bond acceptors (Lipinski definition) is 2. The van der Waals surface area contributed by atoms with E-state index in [-0.39, 0.29) is 5.82 Å². The standard InChI is InChI=1S/C15H25FN2/c1-5-12(3)11-18(4)15-8-7-13(9-14(15)16)10-17-6-2/h7-9,12,17H,5-6,10-11H2,1-4H3. The summed E-state index contributed by atoms with van der Waals surface area (Å²) in [6.45, 7) is 8.91. The molecule has 0 aliphatic rings. The van der Waals surface area contributed by atoms with Crippen molar-refractivity contribution in [2.45, 2.75) is 33.7 Å². The van der Waals surface area contributed by atoms with Crippen molar-refractivity contribution in [3.8, 4) is 0 Å². The van der Waals surface area contributed by atoms with Crippen molar-refractivity contribution in [3.63, 3.8) is 0 Å². The Bertz CT molecular complexity index is 366. The zero-order valence-electron chi connectivity index (χ0n) is 12.0. The van der Waals surface area contributed by atoms with Gasteiger partial charge in [0.1, 0.15) is 5.82 Å². The number of benzene rings is 1. The lowest BCUT2D eigenvalue weighted by Crippen LogP contribution is -2.24. The van der Waals surface area contributed by atoms with Crippen molar-refractivity contribution in [2.75, 3.05) is 25.0 Å². The normalized spacial score (nSPS) is 12.5. The summed E-state index contributed by atoms with van der Waals surface area (Å²) in [6.07, 6.45) is 1.12. The largest absolute Gasteiger partial charge is 0.372 e. The van der Waals surface area contributed by atoms with Crippen molar-refractivity contribution in [1.29, 1.82) is 0 Å². The molecule has 0 bridgehead atoms. The van der Waals surface area contributed by atoms with Gasteiger partial charge in [-0.2, -0.15) is 0 Å². The van der Waals surface area contributed by atoms with Crippen LogP contribution in [0.15, 0.2) is 18.2 Å². The van der Waals surface area contributed by atoms with Gasteiger partial charge in [-0.05, 0) is 30.2 Å². The van der Waals surface area contributed by atoms with E-state index in [2.05, 4.69) is 19.2 Å². The van der Waals surface area contributed by atoms with Crippen LogP contribution in [0.5, 0.6) is 0 Å². The predicted octanol–water partition coefficient (Wildman–Crippen LogP) is 3.42. The van der Waals surface area contributed by atoms with E-state index in [0.717, 1.165) is 31.6 Å². The number of anilines is 1. The summed E-state index contributed by atoms with van der Waals surface area (Å²) in [7, 11) is 1.95. The molecule has 0 radical (unpaired) electrons. The van der Waals surface area contributed by atoms with E-state index in [1.54, 1.807) is 6.07 Å². The van der Waals surface area contributed by atoms with E-state index in [1.807, 2.05) is 31.0 Å². The second-order valence-electron chi connectivity index (χ2n) is 4.96. The van der Waals surface area contributed by atoms with Gasteiger partial charge in [0.05, 0.1) is 5.69 Å². The first kappa shape index (κ1) is 15.0. The van der Waals surface area contributed by atoms with Gasteiger partial charge in [-0.1, -0.05) is 33.3 Å². The average molecular weight is 252 g/mol. The van der Waals surface area contributed by atoms with Crippen LogP contribution in [0.3, 0.4) is 0 Å². The topological polar surface area (TPSA) is 15.3 Å². The van der Waals surface area contributed by atoms with Crippen LogP contribution < -0.4 is 10.2 Å². The molecule has 3 heteroatoms. The SMILES string of the molecule is CCNCc1ccc(N(C)CC(C)CC)c(F)c1. The van der Waals surface area contributed by atoms with E-state index in [1.165, 1.54) is 0 Å². The maximum absolute atomic E-state index is 14.0. The van der Waals surface area contributed by atoms with E-state index in [9.17, 15) is 4.39 Å². The summed E-state index contributed by atoms with van der Waals surface area (Å²) in [5, 5.41) is 3.20. The quantitative estimate of drug-likeness (QED) is 0.800. The van der Waals surface area contributed by atoms with Crippen LogP contribution in [0.1, 0.15) is 32.8 Å². The molecule has 1 aromatic carbocycles. The maximum atomic E-state index is 14.0. The molecule has 1 aromatic rings. The lowest BCUT2D eigenvalue weighted by atomic mass is 10.1. The van der Waals surface area contributed by atoms with E-state index < -0.39 is 0 Å². The van der Waals surface area contributed by atoms with Gasteiger partial charge in [0.15, 0.2) is 0 Å². The Hall–Kier alpha value is -1.09. The summed E-state index contributed by atoms with van der Waals surface area (Å²) in [5.74, 6) is 0.451. The first-order valence-electron chi connectivity index (χ1n) is 6.78. The molecule has 1 atom stereocenters. The molecule has 102 valence electrons. The molecule has 18 heavy (non-hydrogen) atoms. The fraction of sp³-hybridized carbons (Fsp3) is 0.600. The molecule has 0 aromatic heterocycles. The zero-order chi connectivity index (χ0) is 13.5. The minimum Gasteiger partial charge on any atom is -0.372 e. The van der Waals surface area contributed by atoms with Gasteiger partial charge in [0.25, 0.3) is 0 Å². The summed E-state index contributed by atoms with van der Waals surface area (Å²) in [6, 6.07) is 5.50. The smallest absolute Gasteiger partial charge is 0.146 e. The van der Waals surface area contributed by atoms with E-state index in [4.69, 9.17) is 0 Å². The number of rotatable bonds is 7. The molecule has 2 nitrogen and oxygen atoms in total. The molecular formula is C15H25FN2. The van der Waals surface area contributed by atoms with Crippen LogP contribution in [0.4, 0.5) is 10.1 Å². The minimum atomic E-state index is -0.129. The third-order valence-electron chi connectivity index (χ3n) is 3.28. The van der Waals surface area contributed by atoms with Crippen molar-refractivity contribution < 1.29 is 4.39 Å². The molecule has 0 spiro atoms. The van der Waals surface area contributed by atoms with Gasteiger partial charge in [0, 0.05) is 20.1 Å². The average Bonchev–Trinajstić information content (AvgIpc) is 2.36. The lowest BCUT2D eigenvalue weighted by Gasteiger charge is -2.23. The molecule has 0 fully saturated rings. The van der Waals surface area contributed by atoms with E-state index >= 15 is 0 Å². The second-order valence-corrected chi connectivity index (χ2v) is 4.96. The summed E-state index contributed by atoms with van der Waals surface area (Å²) < 4.78 is 14.0. The highest BCUT2D eigenvalue weighted by Crippen LogP contribution is 2.20. The lowest BCUT2D eigenvalue weighted by molar-refractivity contribution is 0.549. The Balaban J connectivity index is 2.72. The van der Waals surface area contributed by atoms with Gasteiger partial charge < -0.3 is 10.2 Å². The van der Waals surface area contributed by atoms with Crippen molar-refractivity contribution in [2.24, 2.45) is 5.92 Å². The van der Waals surface area contributed by atoms with E-state index in [0.29, 0.717) is 11.6 Å². The highest BCUT2D eigenvalue weighted by molar-refractivity contribution is 5.48. The Morgan fingerprint density at radius 2 is 2.06 bits per heavy atom. The zero-order valence-corrected chi connectivity index (χ0v) is 12.0. The van der Waals surface area contributed by atoms with Crippen molar-refractivity contribution in [3.05, 3.63) is 29.6 Å². The number of halogens is 1. The third-order valence-corrected chi connectivity index (χ3v) is 3.28. The van der Waals surface area contributed by atoms with Crippen LogP contribution in [0.2, 0.25) is 0 Å². The van der Waals surface area contributed by atoms with Gasteiger partial charge in [0.2, 0.25) is 0 Å². The van der Waals surface area contributed by atoms with Crippen molar-refractivity contribution >= 4 is 5.69 Å². The van der Waals surface area contributed by atoms with Crippen molar-refractivity contribution in [1.82, 2.24) is 5.32 Å². The highest BCUT2D eigenvalue weighted by Gasteiger charge is 2.10. The molecular weight excluding hydrogens is 227 g/mol. The predicted molar refractivity (Wildman–Crippen MR) is 76.5 cm³/mol. The molecule has 0 heterocycles. The fourth-order valence-corrected chi connectivity index (χ4v) is 1.93. The molecule has 0 aliphatic carbocycles. The van der Waals surface area contributed by atoms with Crippen LogP contribution >= 0.6 is 0 Å². The Labute approximate surface area is 110 Å². The number of nitrogens with one attached hydrogen (secondary N) is 1. The Morgan fingerprint density at radius 1 is 1.33 bits per heavy atom. The van der Waals surface area contributed by atoms with Crippen LogP contribution in [-0.2, 0) is 6.54 Å².